The molecule has 2 amide bonds. The quantitative estimate of drug-likeness (QED) is 0.346. The lowest BCUT2D eigenvalue weighted by Gasteiger charge is -2.14. The van der Waals surface area contributed by atoms with E-state index in [2.05, 4.69) is 24.5 Å². The van der Waals surface area contributed by atoms with Gasteiger partial charge in [-0.1, -0.05) is 27.2 Å². The molecule has 3 unspecified atom stereocenters. The molecule has 0 spiro atoms. The summed E-state index contributed by atoms with van der Waals surface area (Å²) in [6, 6.07) is -0.0957. The SMILES string of the molecule is CCC(C)CCCNC(=O)NCCSCC(C)C(N)O. The van der Waals surface area contributed by atoms with Crippen LogP contribution in [-0.2, 0) is 0 Å². The van der Waals surface area contributed by atoms with Gasteiger partial charge in [-0.05, 0) is 24.5 Å². The first-order chi connectivity index (χ1) is 9.47. The minimum Gasteiger partial charge on any atom is -0.379 e. The second-order valence-electron chi connectivity index (χ2n) is 5.38. The van der Waals surface area contributed by atoms with E-state index in [1.807, 2.05) is 6.92 Å². The van der Waals surface area contributed by atoms with Gasteiger partial charge in [0.05, 0.1) is 0 Å². The Bertz CT molecular complexity index is 253. The summed E-state index contributed by atoms with van der Waals surface area (Å²) < 4.78 is 0. The van der Waals surface area contributed by atoms with Crippen LogP contribution in [0, 0.1) is 11.8 Å². The molecule has 0 aliphatic heterocycles. The molecule has 3 atom stereocenters. The molecular formula is C14H31N3O2S. The van der Waals surface area contributed by atoms with Gasteiger partial charge >= 0.3 is 6.03 Å². The number of carbonyl (C=O) groups excluding carboxylic acids is 1. The lowest BCUT2D eigenvalue weighted by molar-refractivity contribution is 0.134. The number of amides is 2. The highest BCUT2D eigenvalue weighted by atomic mass is 32.2. The summed E-state index contributed by atoms with van der Waals surface area (Å²) in [5.74, 6) is 2.44. The van der Waals surface area contributed by atoms with Crippen molar-refractivity contribution >= 4 is 17.8 Å². The van der Waals surface area contributed by atoms with Crippen LogP contribution in [-0.4, -0.2) is 42.0 Å². The molecule has 0 aromatic heterocycles. The summed E-state index contributed by atoms with van der Waals surface area (Å²) in [6.07, 6.45) is 2.62. The van der Waals surface area contributed by atoms with Crippen LogP contribution in [0.15, 0.2) is 0 Å². The Kier molecular flexibility index (Phi) is 12.0. The van der Waals surface area contributed by atoms with Crippen LogP contribution in [0.5, 0.6) is 0 Å². The molecule has 6 heteroatoms. The van der Waals surface area contributed by atoms with Crippen LogP contribution in [0.1, 0.15) is 40.0 Å². The lowest BCUT2D eigenvalue weighted by Crippen LogP contribution is -2.37. The highest BCUT2D eigenvalue weighted by molar-refractivity contribution is 7.99. The van der Waals surface area contributed by atoms with Crippen molar-refractivity contribution in [1.82, 2.24) is 10.6 Å². The van der Waals surface area contributed by atoms with Gasteiger partial charge in [-0.15, -0.1) is 0 Å². The van der Waals surface area contributed by atoms with E-state index < -0.39 is 6.23 Å². The van der Waals surface area contributed by atoms with E-state index >= 15 is 0 Å². The minimum atomic E-state index is -0.760. The molecule has 120 valence electrons. The van der Waals surface area contributed by atoms with E-state index in [4.69, 9.17) is 10.8 Å². The molecule has 0 rings (SSSR count). The summed E-state index contributed by atoms with van der Waals surface area (Å²) in [5, 5.41) is 14.8. The second kappa shape index (κ2) is 12.3. The average Bonchev–Trinajstić information content (AvgIpc) is 2.42. The highest BCUT2D eigenvalue weighted by Crippen LogP contribution is 2.09. The topological polar surface area (TPSA) is 87.4 Å². The maximum absolute atomic E-state index is 11.5. The Hall–Kier alpha value is -0.460. The first kappa shape index (κ1) is 19.5. The van der Waals surface area contributed by atoms with Crippen LogP contribution in [0.4, 0.5) is 4.79 Å². The maximum atomic E-state index is 11.5. The van der Waals surface area contributed by atoms with Gasteiger partial charge in [0.2, 0.25) is 0 Å². The number of thioether (sulfide) groups is 1. The third-order valence-corrected chi connectivity index (χ3v) is 4.61. The lowest BCUT2D eigenvalue weighted by atomic mass is 10.0. The number of hydrogen-bond donors (Lipinski definition) is 4. The Balaban J connectivity index is 3.37. The van der Waals surface area contributed by atoms with Crippen LogP contribution < -0.4 is 16.4 Å². The van der Waals surface area contributed by atoms with E-state index in [-0.39, 0.29) is 11.9 Å². The zero-order chi connectivity index (χ0) is 15.4. The van der Waals surface area contributed by atoms with Crippen LogP contribution in [0.3, 0.4) is 0 Å². The first-order valence-electron chi connectivity index (χ1n) is 7.50. The normalized spacial score (nSPS) is 15.4. The highest BCUT2D eigenvalue weighted by Gasteiger charge is 2.08. The first-order valence-corrected chi connectivity index (χ1v) is 8.65. The van der Waals surface area contributed by atoms with Gasteiger partial charge in [-0.2, -0.15) is 11.8 Å². The molecular weight excluding hydrogens is 274 g/mol. The van der Waals surface area contributed by atoms with Crippen molar-refractivity contribution in [3.8, 4) is 0 Å². The van der Waals surface area contributed by atoms with Gasteiger partial charge in [-0.25, -0.2) is 4.79 Å². The van der Waals surface area contributed by atoms with Gasteiger partial charge in [0.15, 0.2) is 0 Å². The Morgan fingerprint density at radius 2 is 1.95 bits per heavy atom. The Morgan fingerprint density at radius 1 is 1.30 bits per heavy atom. The third-order valence-electron chi connectivity index (χ3n) is 3.35. The van der Waals surface area contributed by atoms with Crippen LogP contribution >= 0.6 is 11.8 Å². The van der Waals surface area contributed by atoms with Crippen molar-refractivity contribution in [2.45, 2.75) is 46.3 Å². The molecule has 0 radical (unpaired) electrons. The molecule has 0 fully saturated rings. The number of urea groups is 1. The van der Waals surface area contributed by atoms with Crippen molar-refractivity contribution in [1.29, 1.82) is 0 Å². The smallest absolute Gasteiger partial charge is 0.314 e. The van der Waals surface area contributed by atoms with Gasteiger partial charge in [-0.3, -0.25) is 0 Å². The average molecular weight is 305 g/mol. The van der Waals surface area contributed by atoms with Crippen molar-refractivity contribution in [3.05, 3.63) is 0 Å². The summed E-state index contributed by atoms with van der Waals surface area (Å²) in [6.45, 7) is 7.70. The van der Waals surface area contributed by atoms with Gasteiger partial charge in [0, 0.05) is 24.8 Å². The minimum absolute atomic E-state index is 0.0781. The number of aliphatic hydroxyl groups excluding tert-OH is 1. The van der Waals surface area contributed by atoms with E-state index in [0.717, 1.165) is 36.8 Å². The molecule has 0 aromatic rings. The standard InChI is InChI=1S/C14H31N3O2S/c1-4-11(2)6-5-7-16-14(19)17-8-9-20-10-12(3)13(15)18/h11-13,18H,4-10,15H2,1-3H3,(H2,16,17,19). The third kappa shape index (κ3) is 11.4. The number of aliphatic hydroxyl groups is 1. The monoisotopic (exact) mass is 305 g/mol. The predicted molar refractivity (Wildman–Crippen MR) is 86.8 cm³/mol. The molecule has 0 heterocycles. The molecule has 0 saturated heterocycles. The molecule has 0 saturated carbocycles. The molecule has 0 aliphatic rings. The fraction of sp³-hybridized carbons (Fsp3) is 0.929. The van der Waals surface area contributed by atoms with E-state index in [0.29, 0.717) is 6.54 Å². The molecule has 0 aliphatic carbocycles. The summed E-state index contributed by atoms with van der Waals surface area (Å²) in [7, 11) is 0. The van der Waals surface area contributed by atoms with E-state index in [9.17, 15) is 4.79 Å². The molecule has 0 aromatic carbocycles. The van der Waals surface area contributed by atoms with Crippen LogP contribution in [0.25, 0.3) is 0 Å². The number of hydrogen-bond acceptors (Lipinski definition) is 4. The maximum Gasteiger partial charge on any atom is 0.314 e. The van der Waals surface area contributed by atoms with E-state index in [1.54, 1.807) is 11.8 Å². The Morgan fingerprint density at radius 3 is 2.55 bits per heavy atom. The predicted octanol–water partition coefficient (Wildman–Crippen LogP) is 1.76. The van der Waals surface area contributed by atoms with E-state index in [1.165, 1.54) is 6.42 Å². The Labute approximate surface area is 127 Å². The number of nitrogens with two attached hydrogens (primary N) is 1. The molecule has 5 nitrogen and oxygen atoms in total. The largest absolute Gasteiger partial charge is 0.379 e. The molecule has 0 bridgehead atoms. The number of rotatable bonds is 11. The number of nitrogens with one attached hydrogen (secondary N) is 2. The molecule has 5 N–H and O–H groups in total. The fourth-order valence-corrected chi connectivity index (χ4v) is 2.51. The van der Waals surface area contributed by atoms with Crippen molar-refractivity contribution in [2.75, 3.05) is 24.6 Å². The zero-order valence-corrected chi connectivity index (χ0v) is 13.8. The fourth-order valence-electron chi connectivity index (χ4n) is 1.52. The van der Waals surface area contributed by atoms with Crippen molar-refractivity contribution in [3.63, 3.8) is 0 Å². The zero-order valence-electron chi connectivity index (χ0n) is 13.0. The van der Waals surface area contributed by atoms with Crippen LogP contribution in [0.2, 0.25) is 0 Å². The van der Waals surface area contributed by atoms with Gasteiger partial charge in [0.1, 0.15) is 6.23 Å². The number of carbonyl (C=O) groups is 1. The summed E-state index contributed by atoms with van der Waals surface area (Å²) in [5.41, 5.74) is 5.36. The summed E-state index contributed by atoms with van der Waals surface area (Å²) in [4.78, 5) is 11.5. The second-order valence-corrected chi connectivity index (χ2v) is 6.53. The molecule has 20 heavy (non-hydrogen) atoms. The van der Waals surface area contributed by atoms with Gasteiger partial charge < -0.3 is 21.5 Å². The van der Waals surface area contributed by atoms with Gasteiger partial charge in [0.25, 0.3) is 0 Å². The summed E-state index contributed by atoms with van der Waals surface area (Å²) >= 11 is 1.68. The van der Waals surface area contributed by atoms with Crippen molar-refractivity contribution < 1.29 is 9.90 Å². The van der Waals surface area contributed by atoms with Crippen molar-refractivity contribution in [2.24, 2.45) is 17.6 Å².